The second-order valence-electron chi connectivity index (χ2n) is 5.42. The van der Waals surface area contributed by atoms with E-state index in [2.05, 4.69) is 0 Å². The summed E-state index contributed by atoms with van der Waals surface area (Å²) in [5.41, 5.74) is 2.14. The Kier molecular flexibility index (Phi) is 4.79. The molecular weight excluding hydrogens is 308 g/mol. The summed E-state index contributed by atoms with van der Waals surface area (Å²) in [6.45, 7) is 2.38. The van der Waals surface area contributed by atoms with Crippen LogP contribution in [-0.2, 0) is 22.6 Å². The number of fused-ring (bicyclic) bond motifs is 1. The monoisotopic (exact) mass is 326 g/mol. The molecule has 1 aliphatic heterocycles. The molecule has 1 unspecified atom stereocenters. The molecule has 1 heterocycles. The molecule has 1 atom stereocenters. The number of carbonyl (C=O) groups is 2. The summed E-state index contributed by atoms with van der Waals surface area (Å²) >= 11 is 0. The largest absolute Gasteiger partial charge is 0.488 e. The van der Waals surface area contributed by atoms with Gasteiger partial charge in [-0.3, -0.25) is 4.79 Å². The average molecular weight is 326 g/mol. The zero-order valence-corrected chi connectivity index (χ0v) is 13.4. The minimum atomic E-state index is -0.706. The molecule has 0 N–H and O–H groups in total. The Bertz CT molecular complexity index is 739. The van der Waals surface area contributed by atoms with E-state index >= 15 is 0 Å². The summed E-state index contributed by atoms with van der Waals surface area (Å²) in [6, 6.07) is 13.2. The third-order valence-electron chi connectivity index (χ3n) is 3.81. The van der Waals surface area contributed by atoms with Crippen LogP contribution in [0.2, 0.25) is 0 Å². The standard InChI is InChI=1S/C19H18O5/c1-2-22-19(21)17-10-14-8-9-16(15(11-20)18(14)24-17)23-12-13-6-4-3-5-7-13/h3-9,11,17H,2,10,12H2,1H3. The van der Waals surface area contributed by atoms with Gasteiger partial charge in [0.2, 0.25) is 0 Å². The van der Waals surface area contributed by atoms with Gasteiger partial charge in [0.25, 0.3) is 0 Å². The fraction of sp³-hybridized carbons (Fsp3) is 0.263. The highest BCUT2D eigenvalue weighted by Gasteiger charge is 2.33. The summed E-state index contributed by atoms with van der Waals surface area (Å²) in [5.74, 6) is 0.433. The first-order valence-electron chi connectivity index (χ1n) is 7.84. The van der Waals surface area contributed by atoms with E-state index in [-0.39, 0.29) is 0 Å². The molecule has 3 rings (SSSR count). The van der Waals surface area contributed by atoms with Crippen molar-refractivity contribution in [1.29, 1.82) is 0 Å². The Labute approximate surface area is 140 Å². The highest BCUT2D eigenvalue weighted by Crippen LogP contribution is 2.37. The maximum absolute atomic E-state index is 11.8. The van der Waals surface area contributed by atoms with Crippen molar-refractivity contribution in [3.63, 3.8) is 0 Å². The Morgan fingerprint density at radius 3 is 2.75 bits per heavy atom. The van der Waals surface area contributed by atoms with E-state index in [1.165, 1.54) is 0 Å². The van der Waals surface area contributed by atoms with Crippen molar-refractivity contribution in [3.05, 3.63) is 59.2 Å². The molecule has 0 aliphatic carbocycles. The molecule has 5 heteroatoms. The van der Waals surface area contributed by atoms with Gasteiger partial charge in [0.15, 0.2) is 12.4 Å². The normalized spacial score (nSPS) is 15.3. The number of aldehydes is 1. The predicted octanol–water partition coefficient (Wildman–Crippen LogP) is 2.94. The molecule has 5 nitrogen and oxygen atoms in total. The number of benzene rings is 2. The van der Waals surface area contributed by atoms with Gasteiger partial charge in [0.1, 0.15) is 18.1 Å². The van der Waals surface area contributed by atoms with Crippen molar-refractivity contribution < 1.29 is 23.8 Å². The van der Waals surface area contributed by atoms with Gasteiger partial charge in [-0.1, -0.05) is 36.4 Å². The van der Waals surface area contributed by atoms with Gasteiger partial charge >= 0.3 is 5.97 Å². The fourth-order valence-electron chi connectivity index (χ4n) is 2.65. The Hall–Kier alpha value is -2.82. The van der Waals surface area contributed by atoms with Gasteiger partial charge in [-0.05, 0) is 24.1 Å². The summed E-state index contributed by atoms with van der Waals surface area (Å²) < 4.78 is 16.4. The van der Waals surface area contributed by atoms with Gasteiger partial charge in [0.05, 0.1) is 12.2 Å². The van der Waals surface area contributed by atoms with Crippen molar-refractivity contribution in [2.75, 3.05) is 6.61 Å². The molecule has 0 saturated carbocycles. The quantitative estimate of drug-likeness (QED) is 0.603. The van der Waals surface area contributed by atoms with Crippen LogP contribution < -0.4 is 9.47 Å². The van der Waals surface area contributed by atoms with Gasteiger partial charge in [-0.25, -0.2) is 4.79 Å². The Morgan fingerprint density at radius 1 is 1.25 bits per heavy atom. The number of esters is 1. The third-order valence-corrected chi connectivity index (χ3v) is 3.81. The van der Waals surface area contributed by atoms with E-state index in [9.17, 15) is 9.59 Å². The number of carbonyl (C=O) groups excluding carboxylic acids is 2. The summed E-state index contributed by atoms with van der Waals surface area (Å²) in [6.07, 6.45) is 0.392. The fourth-order valence-corrected chi connectivity index (χ4v) is 2.65. The van der Waals surface area contributed by atoms with E-state index in [1.807, 2.05) is 36.4 Å². The summed E-state index contributed by atoms with van der Waals surface area (Å²) in [5, 5.41) is 0. The third kappa shape index (κ3) is 3.25. The number of ether oxygens (including phenoxy) is 3. The summed E-state index contributed by atoms with van der Waals surface area (Å²) in [7, 11) is 0. The number of hydrogen-bond donors (Lipinski definition) is 0. The molecule has 1 aliphatic rings. The van der Waals surface area contributed by atoms with Crippen molar-refractivity contribution in [3.8, 4) is 11.5 Å². The van der Waals surface area contributed by atoms with E-state index in [0.717, 1.165) is 11.1 Å². The molecule has 0 saturated heterocycles. The van der Waals surface area contributed by atoms with E-state index in [1.54, 1.807) is 13.0 Å². The second-order valence-corrected chi connectivity index (χ2v) is 5.42. The first-order valence-corrected chi connectivity index (χ1v) is 7.84. The zero-order chi connectivity index (χ0) is 16.9. The lowest BCUT2D eigenvalue weighted by atomic mass is 10.1. The number of rotatable bonds is 6. The minimum absolute atomic E-state index is 0.293. The molecule has 0 fully saturated rings. The minimum Gasteiger partial charge on any atom is -0.488 e. The van der Waals surface area contributed by atoms with Crippen LogP contribution in [0, 0.1) is 0 Å². The maximum atomic E-state index is 11.8. The molecule has 0 amide bonds. The van der Waals surface area contributed by atoms with Gasteiger partial charge in [-0.15, -0.1) is 0 Å². The molecule has 2 aromatic carbocycles. The molecular formula is C19H18O5. The van der Waals surface area contributed by atoms with Crippen molar-refractivity contribution in [2.45, 2.75) is 26.1 Å². The zero-order valence-electron chi connectivity index (χ0n) is 13.4. The maximum Gasteiger partial charge on any atom is 0.347 e. The SMILES string of the molecule is CCOC(=O)C1Cc2ccc(OCc3ccccc3)c(C=O)c2O1. The number of hydrogen-bond acceptors (Lipinski definition) is 5. The topological polar surface area (TPSA) is 61.8 Å². The lowest BCUT2D eigenvalue weighted by Gasteiger charge is -2.12. The Morgan fingerprint density at radius 2 is 2.04 bits per heavy atom. The molecule has 24 heavy (non-hydrogen) atoms. The van der Waals surface area contributed by atoms with E-state index in [4.69, 9.17) is 14.2 Å². The van der Waals surface area contributed by atoms with Crippen LogP contribution >= 0.6 is 0 Å². The van der Waals surface area contributed by atoms with Crippen LogP contribution in [-0.4, -0.2) is 25.0 Å². The van der Waals surface area contributed by atoms with Crippen molar-refractivity contribution >= 4 is 12.3 Å². The molecule has 0 spiro atoms. The lowest BCUT2D eigenvalue weighted by molar-refractivity contribution is -0.150. The summed E-state index contributed by atoms with van der Waals surface area (Å²) in [4.78, 5) is 23.4. The van der Waals surface area contributed by atoms with Gasteiger partial charge in [0, 0.05) is 6.42 Å². The first-order chi connectivity index (χ1) is 11.7. The highest BCUT2D eigenvalue weighted by atomic mass is 16.6. The van der Waals surface area contributed by atoms with Crippen LogP contribution in [0.15, 0.2) is 42.5 Å². The average Bonchev–Trinajstić information content (AvgIpc) is 3.05. The van der Waals surface area contributed by atoms with Crippen LogP contribution in [0.5, 0.6) is 11.5 Å². The highest BCUT2D eigenvalue weighted by molar-refractivity contribution is 5.86. The van der Waals surface area contributed by atoms with E-state index in [0.29, 0.717) is 43.0 Å². The lowest BCUT2D eigenvalue weighted by Crippen LogP contribution is -2.27. The first kappa shape index (κ1) is 16.1. The molecule has 0 radical (unpaired) electrons. The Balaban J connectivity index is 1.78. The second kappa shape index (κ2) is 7.17. The molecule has 0 bridgehead atoms. The van der Waals surface area contributed by atoms with E-state index < -0.39 is 12.1 Å². The van der Waals surface area contributed by atoms with Crippen molar-refractivity contribution in [2.24, 2.45) is 0 Å². The predicted molar refractivity (Wildman–Crippen MR) is 87.4 cm³/mol. The van der Waals surface area contributed by atoms with Gasteiger partial charge < -0.3 is 14.2 Å². The molecule has 0 aromatic heterocycles. The van der Waals surface area contributed by atoms with Crippen molar-refractivity contribution in [1.82, 2.24) is 0 Å². The van der Waals surface area contributed by atoms with Crippen LogP contribution in [0.25, 0.3) is 0 Å². The van der Waals surface area contributed by atoms with Crippen LogP contribution in [0.3, 0.4) is 0 Å². The van der Waals surface area contributed by atoms with Crippen LogP contribution in [0.1, 0.15) is 28.4 Å². The van der Waals surface area contributed by atoms with Gasteiger partial charge in [-0.2, -0.15) is 0 Å². The molecule has 2 aromatic rings. The molecule has 124 valence electrons. The smallest absolute Gasteiger partial charge is 0.347 e. The van der Waals surface area contributed by atoms with Crippen LogP contribution in [0.4, 0.5) is 0 Å².